The standard InChI is InChI=1S/C13H12Cl2N2O3S/c14-9-2-1-8(5-10(9)17(19)20)6-16-7-11(18)12-3-4-13(15)21-12/h1-5,11,16,18H,6-7H2. The van der Waals surface area contributed by atoms with Gasteiger partial charge in [0.15, 0.2) is 0 Å². The highest BCUT2D eigenvalue weighted by molar-refractivity contribution is 7.16. The summed E-state index contributed by atoms with van der Waals surface area (Å²) in [6.45, 7) is 0.724. The van der Waals surface area contributed by atoms with Gasteiger partial charge in [-0.3, -0.25) is 10.1 Å². The molecule has 1 aromatic heterocycles. The van der Waals surface area contributed by atoms with Crippen molar-refractivity contribution >= 4 is 40.2 Å². The average Bonchev–Trinajstić information content (AvgIpc) is 2.87. The van der Waals surface area contributed by atoms with Crippen molar-refractivity contribution in [3.05, 3.63) is 60.2 Å². The molecular formula is C13H12Cl2N2O3S. The van der Waals surface area contributed by atoms with Gasteiger partial charge in [-0.05, 0) is 23.8 Å². The number of nitro groups is 1. The molecule has 8 heteroatoms. The molecule has 1 unspecified atom stereocenters. The van der Waals surface area contributed by atoms with Crippen LogP contribution in [0.2, 0.25) is 9.36 Å². The zero-order valence-corrected chi connectivity index (χ0v) is 13.1. The number of hydrogen-bond donors (Lipinski definition) is 2. The van der Waals surface area contributed by atoms with E-state index in [4.69, 9.17) is 23.2 Å². The highest BCUT2D eigenvalue weighted by Crippen LogP contribution is 2.27. The van der Waals surface area contributed by atoms with Crippen molar-refractivity contribution in [3.8, 4) is 0 Å². The molecule has 2 rings (SSSR count). The van der Waals surface area contributed by atoms with Crippen molar-refractivity contribution in [2.45, 2.75) is 12.6 Å². The van der Waals surface area contributed by atoms with E-state index < -0.39 is 11.0 Å². The van der Waals surface area contributed by atoms with Crippen molar-refractivity contribution in [1.29, 1.82) is 0 Å². The Hall–Kier alpha value is -1.18. The molecule has 2 aromatic rings. The van der Waals surface area contributed by atoms with Crippen LogP contribution in [0.15, 0.2) is 30.3 Å². The number of thiophene rings is 1. The van der Waals surface area contributed by atoms with Gasteiger partial charge in [0.2, 0.25) is 0 Å². The number of halogens is 2. The Morgan fingerprint density at radius 2 is 2.10 bits per heavy atom. The Morgan fingerprint density at radius 1 is 1.33 bits per heavy atom. The third-order valence-electron chi connectivity index (χ3n) is 2.80. The van der Waals surface area contributed by atoms with Crippen molar-refractivity contribution in [2.75, 3.05) is 6.54 Å². The van der Waals surface area contributed by atoms with Gasteiger partial charge in [-0.15, -0.1) is 11.3 Å². The lowest BCUT2D eigenvalue weighted by Gasteiger charge is -2.10. The van der Waals surface area contributed by atoms with Crippen LogP contribution in [-0.2, 0) is 6.54 Å². The Morgan fingerprint density at radius 3 is 2.71 bits per heavy atom. The van der Waals surface area contributed by atoms with E-state index in [0.717, 1.165) is 10.4 Å². The van der Waals surface area contributed by atoms with Crippen LogP contribution in [0.3, 0.4) is 0 Å². The number of hydrogen-bond acceptors (Lipinski definition) is 5. The molecule has 0 aliphatic rings. The van der Waals surface area contributed by atoms with Gasteiger partial charge in [-0.2, -0.15) is 0 Å². The van der Waals surface area contributed by atoms with E-state index in [1.54, 1.807) is 18.2 Å². The minimum atomic E-state index is -0.662. The zero-order chi connectivity index (χ0) is 15.4. The number of rotatable bonds is 6. The minimum Gasteiger partial charge on any atom is -0.386 e. The smallest absolute Gasteiger partial charge is 0.288 e. The first-order valence-electron chi connectivity index (χ1n) is 6.04. The molecule has 5 nitrogen and oxygen atoms in total. The summed E-state index contributed by atoms with van der Waals surface area (Å²) in [5, 5.41) is 23.9. The van der Waals surface area contributed by atoms with Crippen molar-refractivity contribution in [3.63, 3.8) is 0 Å². The summed E-state index contributed by atoms with van der Waals surface area (Å²) in [5.74, 6) is 0. The molecular weight excluding hydrogens is 335 g/mol. The molecule has 0 saturated carbocycles. The van der Waals surface area contributed by atoms with Gasteiger partial charge in [0.25, 0.3) is 5.69 Å². The van der Waals surface area contributed by atoms with E-state index in [9.17, 15) is 15.2 Å². The average molecular weight is 347 g/mol. The van der Waals surface area contributed by atoms with E-state index in [2.05, 4.69) is 5.32 Å². The summed E-state index contributed by atoms with van der Waals surface area (Å²) in [6, 6.07) is 8.12. The number of nitrogens with one attached hydrogen (secondary N) is 1. The minimum absolute atomic E-state index is 0.108. The summed E-state index contributed by atoms with van der Waals surface area (Å²) in [7, 11) is 0. The first-order valence-corrected chi connectivity index (χ1v) is 7.61. The summed E-state index contributed by atoms with van der Waals surface area (Å²) in [6.07, 6.45) is -0.662. The molecule has 0 amide bonds. The molecule has 112 valence electrons. The topological polar surface area (TPSA) is 75.4 Å². The van der Waals surface area contributed by atoms with Gasteiger partial charge in [0.05, 0.1) is 9.26 Å². The van der Waals surface area contributed by atoms with Crippen LogP contribution in [0, 0.1) is 10.1 Å². The van der Waals surface area contributed by atoms with Crippen LogP contribution in [0.25, 0.3) is 0 Å². The molecule has 0 spiro atoms. The number of aliphatic hydroxyl groups is 1. The van der Waals surface area contributed by atoms with E-state index in [1.807, 2.05) is 0 Å². The third kappa shape index (κ3) is 4.39. The fourth-order valence-corrected chi connectivity index (χ4v) is 3.00. The van der Waals surface area contributed by atoms with Crippen LogP contribution in [-0.4, -0.2) is 16.6 Å². The summed E-state index contributed by atoms with van der Waals surface area (Å²) >= 11 is 12.9. The molecule has 0 radical (unpaired) electrons. The van der Waals surface area contributed by atoms with Crippen molar-refractivity contribution < 1.29 is 10.0 Å². The van der Waals surface area contributed by atoms with E-state index >= 15 is 0 Å². The lowest BCUT2D eigenvalue weighted by molar-refractivity contribution is -0.384. The van der Waals surface area contributed by atoms with E-state index in [1.165, 1.54) is 23.5 Å². The first kappa shape index (κ1) is 16.2. The van der Waals surface area contributed by atoms with Gasteiger partial charge in [-0.1, -0.05) is 29.3 Å². The zero-order valence-electron chi connectivity index (χ0n) is 10.8. The van der Waals surface area contributed by atoms with Gasteiger partial charge >= 0.3 is 0 Å². The number of nitrogens with zero attached hydrogens (tertiary/aromatic N) is 1. The Balaban J connectivity index is 1.91. The van der Waals surface area contributed by atoms with Gasteiger partial charge in [-0.25, -0.2) is 0 Å². The van der Waals surface area contributed by atoms with Crippen LogP contribution >= 0.6 is 34.5 Å². The van der Waals surface area contributed by atoms with Crippen LogP contribution in [0.5, 0.6) is 0 Å². The second-order valence-corrected chi connectivity index (χ2v) is 6.49. The first-order chi connectivity index (χ1) is 9.97. The SMILES string of the molecule is O=[N+]([O-])c1cc(CNCC(O)c2ccc(Cl)s2)ccc1Cl. The monoisotopic (exact) mass is 346 g/mol. The second-order valence-electron chi connectivity index (χ2n) is 4.33. The molecule has 1 heterocycles. The molecule has 0 saturated heterocycles. The maximum atomic E-state index is 10.8. The molecule has 21 heavy (non-hydrogen) atoms. The quantitative estimate of drug-likeness (QED) is 0.616. The van der Waals surface area contributed by atoms with Crippen molar-refractivity contribution in [1.82, 2.24) is 5.32 Å². The van der Waals surface area contributed by atoms with Gasteiger partial charge < -0.3 is 10.4 Å². The normalized spacial score (nSPS) is 12.3. The number of aliphatic hydroxyl groups excluding tert-OH is 1. The largest absolute Gasteiger partial charge is 0.386 e. The summed E-state index contributed by atoms with van der Waals surface area (Å²) in [4.78, 5) is 11.0. The van der Waals surface area contributed by atoms with E-state index in [0.29, 0.717) is 17.4 Å². The number of benzene rings is 1. The molecule has 2 N–H and O–H groups in total. The predicted octanol–water partition coefficient (Wildman–Crippen LogP) is 3.79. The molecule has 0 bridgehead atoms. The lowest BCUT2D eigenvalue weighted by atomic mass is 10.2. The molecule has 0 aliphatic carbocycles. The maximum Gasteiger partial charge on any atom is 0.288 e. The highest BCUT2D eigenvalue weighted by Gasteiger charge is 2.13. The third-order valence-corrected chi connectivity index (χ3v) is 4.45. The van der Waals surface area contributed by atoms with Crippen LogP contribution in [0.1, 0.15) is 16.5 Å². The Kier molecular flexibility index (Phi) is 5.55. The molecule has 0 fully saturated rings. The highest BCUT2D eigenvalue weighted by atomic mass is 35.5. The van der Waals surface area contributed by atoms with Gasteiger partial charge in [0, 0.05) is 24.0 Å². The maximum absolute atomic E-state index is 10.8. The Labute approximate surface area is 135 Å². The number of nitro benzene ring substituents is 1. The molecule has 1 atom stereocenters. The van der Waals surface area contributed by atoms with Crippen LogP contribution < -0.4 is 5.32 Å². The summed E-state index contributed by atoms with van der Waals surface area (Å²) in [5.41, 5.74) is 0.601. The van der Waals surface area contributed by atoms with Gasteiger partial charge in [0.1, 0.15) is 11.1 Å². The molecule has 1 aromatic carbocycles. The van der Waals surface area contributed by atoms with E-state index in [-0.39, 0.29) is 10.7 Å². The fraction of sp³-hybridized carbons (Fsp3) is 0.231. The predicted molar refractivity (Wildman–Crippen MR) is 84.1 cm³/mol. The Bertz CT molecular complexity index is 648. The lowest BCUT2D eigenvalue weighted by Crippen LogP contribution is -2.20. The fourth-order valence-electron chi connectivity index (χ4n) is 1.77. The van der Waals surface area contributed by atoms with Crippen molar-refractivity contribution in [2.24, 2.45) is 0 Å². The summed E-state index contributed by atoms with van der Waals surface area (Å²) < 4.78 is 0.623. The molecule has 0 aliphatic heterocycles. The van der Waals surface area contributed by atoms with Crippen LogP contribution in [0.4, 0.5) is 5.69 Å². The second kappa shape index (κ2) is 7.20.